The second kappa shape index (κ2) is 10.4. The van der Waals surface area contributed by atoms with E-state index in [1.54, 1.807) is 21.7 Å². The maximum atomic E-state index is 13.4. The Morgan fingerprint density at radius 1 is 0.886 bits per heavy atom. The number of rotatable bonds is 7. The van der Waals surface area contributed by atoms with Crippen molar-refractivity contribution >= 4 is 17.6 Å². The summed E-state index contributed by atoms with van der Waals surface area (Å²) in [5.74, 6) is 0.126. The lowest BCUT2D eigenvalue weighted by Crippen LogP contribution is -2.42. The fourth-order valence-corrected chi connectivity index (χ4v) is 4.13. The number of anilines is 1. The molecule has 0 aliphatic heterocycles. The predicted molar refractivity (Wildman–Crippen MR) is 140 cm³/mol. The quantitative estimate of drug-likeness (QED) is 0.383. The zero-order chi connectivity index (χ0) is 24.9. The van der Waals surface area contributed by atoms with E-state index < -0.39 is 0 Å². The van der Waals surface area contributed by atoms with Gasteiger partial charge in [0.1, 0.15) is 12.4 Å². The number of para-hydroxylation sites is 1. The molecular weight excluding hydrogens is 436 g/mol. The van der Waals surface area contributed by atoms with Gasteiger partial charge in [-0.3, -0.25) is 9.59 Å². The van der Waals surface area contributed by atoms with Gasteiger partial charge in [0.25, 0.3) is 5.91 Å². The van der Waals surface area contributed by atoms with Gasteiger partial charge in [-0.15, -0.1) is 0 Å². The summed E-state index contributed by atoms with van der Waals surface area (Å²) in [7, 11) is 0. The average Bonchev–Trinajstić information content (AvgIpc) is 3.18. The van der Waals surface area contributed by atoms with E-state index in [9.17, 15) is 9.59 Å². The van der Waals surface area contributed by atoms with Crippen molar-refractivity contribution in [1.29, 1.82) is 0 Å². The number of benzene rings is 3. The Balaban J connectivity index is 1.71. The van der Waals surface area contributed by atoms with Crippen LogP contribution >= 0.6 is 0 Å². The highest BCUT2D eigenvalue weighted by atomic mass is 16.2. The molecule has 0 bridgehead atoms. The van der Waals surface area contributed by atoms with Crippen molar-refractivity contribution in [3.8, 4) is 16.8 Å². The van der Waals surface area contributed by atoms with E-state index in [-0.39, 0.29) is 24.4 Å². The molecule has 6 heteroatoms. The van der Waals surface area contributed by atoms with Crippen LogP contribution in [-0.4, -0.2) is 39.1 Å². The molecule has 2 amide bonds. The summed E-state index contributed by atoms with van der Waals surface area (Å²) in [6.45, 7) is 7.69. The lowest BCUT2D eigenvalue weighted by Gasteiger charge is -2.26. The Kier molecular flexibility index (Phi) is 7.11. The number of carbonyl (C=O) groups is 2. The van der Waals surface area contributed by atoms with E-state index in [1.807, 2.05) is 100 Å². The zero-order valence-electron chi connectivity index (χ0n) is 20.5. The van der Waals surface area contributed by atoms with Crippen LogP contribution in [0.25, 0.3) is 16.8 Å². The maximum absolute atomic E-state index is 13.4. The molecule has 6 nitrogen and oxygen atoms in total. The van der Waals surface area contributed by atoms with Crippen LogP contribution in [0.1, 0.15) is 35.5 Å². The van der Waals surface area contributed by atoms with Gasteiger partial charge in [-0.25, -0.2) is 4.68 Å². The highest BCUT2D eigenvalue weighted by Gasteiger charge is 2.25. The summed E-state index contributed by atoms with van der Waals surface area (Å²) in [6.07, 6.45) is 0. The number of nitrogens with zero attached hydrogens (tertiary/aromatic N) is 3. The summed E-state index contributed by atoms with van der Waals surface area (Å²) >= 11 is 0. The van der Waals surface area contributed by atoms with Crippen LogP contribution < -0.4 is 5.32 Å². The number of amides is 2. The minimum absolute atomic E-state index is 0.0718. The third kappa shape index (κ3) is 5.17. The molecule has 1 aromatic heterocycles. The molecule has 1 N–H and O–H groups in total. The highest BCUT2D eigenvalue weighted by Crippen LogP contribution is 2.34. The zero-order valence-corrected chi connectivity index (χ0v) is 20.5. The number of aryl methyl sites for hydroxylation is 2. The second-order valence-electron chi connectivity index (χ2n) is 8.81. The molecule has 4 rings (SSSR count). The first-order valence-electron chi connectivity index (χ1n) is 11.7. The van der Waals surface area contributed by atoms with Crippen LogP contribution in [0.5, 0.6) is 0 Å². The van der Waals surface area contributed by atoms with Crippen molar-refractivity contribution in [2.24, 2.45) is 0 Å². The molecule has 178 valence electrons. The summed E-state index contributed by atoms with van der Waals surface area (Å²) < 4.78 is 1.78. The van der Waals surface area contributed by atoms with Gasteiger partial charge in [0, 0.05) is 17.2 Å². The first kappa shape index (κ1) is 24.0. The van der Waals surface area contributed by atoms with Gasteiger partial charge >= 0.3 is 0 Å². The van der Waals surface area contributed by atoms with Gasteiger partial charge in [-0.05, 0) is 57.0 Å². The van der Waals surface area contributed by atoms with Gasteiger partial charge in [0.2, 0.25) is 5.91 Å². The van der Waals surface area contributed by atoms with Gasteiger partial charge in [-0.2, -0.15) is 5.10 Å². The number of hydrogen-bond acceptors (Lipinski definition) is 3. The summed E-state index contributed by atoms with van der Waals surface area (Å²) in [5.41, 5.74) is 5.09. The Morgan fingerprint density at radius 2 is 1.49 bits per heavy atom. The molecule has 0 atom stereocenters. The Hall–Kier alpha value is -4.19. The van der Waals surface area contributed by atoms with E-state index in [4.69, 9.17) is 5.10 Å². The number of aromatic nitrogens is 2. The Labute approximate surface area is 206 Å². The summed E-state index contributed by atoms with van der Waals surface area (Å²) in [6, 6.07) is 26.7. The van der Waals surface area contributed by atoms with Crippen LogP contribution in [-0.2, 0) is 4.79 Å². The standard InChI is InChI=1S/C29H30N4O2/c1-20(2)32(29(35)24-16-9-6-10-17-24)19-26(34)30-28-27(23-14-7-5-8-15-23)22(4)31-33(28)25-18-12-11-13-21(25)3/h5-18,20H,19H2,1-4H3,(H,30,34). The summed E-state index contributed by atoms with van der Waals surface area (Å²) in [5, 5.41) is 7.87. The molecule has 0 saturated heterocycles. The van der Waals surface area contributed by atoms with Crippen LogP contribution in [0.15, 0.2) is 84.9 Å². The molecule has 0 radical (unpaired) electrons. The minimum atomic E-state index is -0.283. The SMILES string of the molecule is Cc1ccccc1-n1nc(C)c(-c2ccccc2)c1NC(=O)CN(C(=O)c1ccccc1)C(C)C. The van der Waals surface area contributed by atoms with Crippen molar-refractivity contribution < 1.29 is 9.59 Å². The molecule has 0 unspecified atom stereocenters. The van der Waals surface area contributed by atoms with E-state index >= 15 is 0 Å². The normalized spacial score (nSPS) is 10.9. The second-order valence-corrected chi connectivity index (χ2v) is 8.81. The van der Waals surface area contributed by atoms with E-state index in [0.29, 0.717) is 11.4 Å². The van der Waals surface area contributed by atoms with Crippen LogP contribution in [0.4, 0.5) is 5.82 Å². The Morgan fingerprint density at radius 3 is 2.11 bits per heavy atom. The number of nitrogens with one attached hydrogen (secondary N) is 1. The van der Waals surface area contributed by atoms with E-state index in [1.165, 1.54) is 0 Å². The smallest absolute Gasteiger partial charge is 0.254 e. The first-order chi connectivity index (χ1) is 16.9. The predicted octanol–water partition coefficient (Wildman–Crippen LogP) is 5.65. The molecule has 0 aliphatic carbocycles. The Bertz CT molecular complexity index is 1330. The highest BCUT2D eigenvalue weighted by molar-refractivity contribution is 6.01. The van der Waals surface area contributed by atoms with Crippen molar-refractivity contribution in [2.45, 2.75) is 33.7 Å². The molecule has 1 heterocycles. The fraction of sp³-hybridized carbons (Fsp3) is 0.207. The van der Waals surface area contributed by atoms with E-state index in [2.05, 4.69) is 5.32 Å². The topological polar surface area (TPSA) is 67.2 Å². The molecular formula is C29H30N4O2. The third-order valence-corrected chi connectivity index (χ3v) is 5.94. The maximum Gasteiger partial charge on any atom is 0.254 e. The summed E-state index contributed by atoms with van der Waals surface area (Å²) in [4.78, 5) is 28.1. The average molecular weight is 467 g/mol. The van der Waals surface area contributed by atoms with Crippen molar-refractivity contribution in [3.05, 3.63) is 102 Å². The van der Waals surface area contributed by atoms with Crippen LogP contribution in [0.3, 0.4) is 0 Å². The molecule has 3 aromatic carbocycles. The van der Waals surface area contributed by atoms with Gasteiger partial charge in [-0.1, -0.05) is 66.7 Å². The van der Waals surface area contributed by atoms with Gasteiger partial charge in [0.05, 0.1) is 11.4 Å². The minimum Gasteiger partial charge on any atom is -0.327 e. The van der Waals surface area contributed by atoms with Crippen molar-refractivity contribution in [1.82, 2.24) is 14.7 Å². The first-order valence-corrected chi connectivity index (χ1v) is 11.7. The van der Waals surface area contributed by atoms with Gasteiger partial charge < -0.3 is 10.2 Å². The lowest BCUT2D eigenvalue weighted by molar-refractivity contribution is -0.117. The molecule has 0 saturated carbocycles. The molecule has 35 heavy (non-hydrogen) atoms. The monoisotopic (exact) mass is 466 g/mol. The van der Waals surface area contributed by atoms with Crippen molar-refractivity contribution in [3.63, 3.8) is 0 Å². The van der Waals surface area contributed by atoms with Crippen LogP contribution in [0, 0.1) is 13.8 Å². The van der Waals surface area contributed by atoms with E-state index in [0.717, 1.165) is 28.1 Å². The largest absolute Gasteiger partial charge is 0.327 e. The molecule has 4 aromatic rings. The fourth-order valence-electron chi connectivity index (χ4n) is 4.13. The van der Waals surface area contributed by atoms with Crippen molar-refractivity contribution in [2.75, 3.05) is 11.9 Å². The third-order valence-electron chi connectivity index (χ3n) is 5.94. The van der Waals surface area contributed by atoms with Gasteiger partial charge in [0.15, 0.2) is 0 Å². The number of carbonyl (C=O) groups excluding carboxylic acids is 2. The molecule has 0 aliphatic rings. The van der Waals surface area contributed by atoms with Crippen LogP contribution in [0.2, 0.25) is 0 Å². The molecule has 0 spiro atoms. The number of hydrogen-bond donors (Lipinski definition) is 1. The lowest BCUT2D eigenvalue weighted by atomic mass is 10.1. The molecule has 0 fully saturated rings.